The van der Waals surface area contributed by atoms with E-state index in [1.54, 1.807) is 31.2 Å². The van der Waals surface area contributed by atoms with Gasteiger partial charge in [0.2, 0.25) is 0 Å². The molecule has 0 spiro atoms. The Morgan fingerprint density at radius 2 is 1.92 bits per heavy atom. The Morgan fingerprint density at radius 3 is 2.62 bits per heavy atom. The SMILES string of the molecule is CC(O)(CNC(=O)Nc1ccc(Cl)cc1)c1cc2ccccc2s1. The zero-order chi connectivity index (χ0) is 17.2. The summed E-state index contributed by atoms with van der Waals surface area (Å²) in [5.74, 6) is 0. The van der Waals surface area contributed by atoms with Crippen molar-refractivity contribution in [2.45, 2.75) is 12.5 Å². The predicted octanol–water partition coefficient (Wildman–Crippen LogP) is 4.58. The summed E-state index contributed by atoms with van der Waals surface area (Å²) in [4.78, 5) is 12.8. The van der Waals surface area contributed by atoms with Crippen LogP contribution in [0.3, 0.4) is 0 Å². The summed E-state index contributed by atoms with van der Waals surface area (Å²) >= 11 is 7.34. The van der Waals surface area contributed by atoms with Crippen molar-refractivity contribution in [3.63, 3.8) is 0 Å². The lowest BCUT2D eigenvalue weighted by Crippen LogP contribution is -2.40. The molecule has 0 aliphatic rings. The molecule has 2 aromatic carbocycles. The van der Waals surface area contributed by atoms with Crippen LogP contribution in [-0.4, -0.2) is 17.7 Å². The van der Waals surface area contributed by atoms with E-state index in [1.165, 1.54) is 11.3 Å². The number of benzene rings is 2. The maximum Gasteiger partial charge on any atom is 0.319 e. The Kier molecular flexibility index (Phi) is 4.76. The molecule has 0 saturated heterocycles. The lowest BCUT2D eigenvalue weighted by Gasteiger charge is -2.22. The molecule has 124 valence electrons. The van der Waals surface area contributed by atoms with E-state index in [2.05, 4.69) is 10.6 Å². The molecule has 1 heterocycles. The number of thiophene rings is 1. The molecule has 0 radical (unpaired) electrons. The van der Waals surface area contributed by atoms with Gasteiger partial charge >= 0.3 is 6.03 Å². The van der Waals surface area contributed by atoms with E-state index in [9.17, 15) is 9.90 Å². The molecule has 1 aromatic heterocycles. The van der Waals surface area contributed by atoms with Crippen LogP contribution in [0.5, 0.6) is 0 Å². The summed E-state index contributed by atoms with van der Waals surface area (Å²) in [5, 5.41) is 17.8. The summed E-state index contributed by atoms with van der Waals surface area (Å²) in [5.41, 5.74) is -0.500. The number of hydrogen-bond acceptors (Lipinski definition) is 3. The molecule has 3 N–H and O–H groups in total. The lowest BCUT2D eigenvalue weighted by molar-refractivity contribution is 0.0638. The molecule has 6 heteroatoms. The molecule has 2 amide bonds. The van der Waals surface area contributed by atoms with Crippen LogP contribution in [0.2, 0.25) is 5.02 Å². The monoisotopic (exact) mass is 360 g/mol. The van der Waals surface area contributed by atoms with Gasteiger partial charge in [-0.25, -0.2) is 4.79 Å². The number of hydrogen-bond donors (Lipinski definition) is 3. The standard InChI is InChI=1S/C18H17ClN2O2S/c1-18(23,16-10-12-4-2-3-5-15(12)24-16)11-20-17(22)21-14-8-6-13(19)7-9-14/h2-10,23H,11H2,1H3,(H2,20,21,22). The topological polar surface area (TPSA) is 61.4 Å². The number of anilines is 1. The Balaban J connectivity index is 1.63. The zero-order valence-corrected chi connectivity index (χ0v) is 14.6. The number of urea groups is 1. The highest BCUT2D eigenvalue weighted by molar-refractivity contribution is 7.19. The van der Waals surface area contributed by atoms with Crippen molar-refractivity contribution in [2.24, 2.45) is 0 Å². The average Bonchev–Trinajstić information content (AvgIpc) is 3.00. The summed E-state index contributed by atoms with van der Waals surface area (Å²) in [6.45, 7) is 1.81. The fourth-order valence-electron chi connectivity index (χ4n) is 2.30. The molecule has 0 aliphatic carbocycles. The van der Waals surface area contributed by atoms with Crippen LogP contribution in [0.4, 0.5) is 10.5 Å². The number of nitrogens with one attached hydrogen (secondary N) is 2. The molecule has 24 heavy (non-hydrogen) atoms. The smallest absolute Gasteiger partial charge is 0.319 e. The Labute approximate surface area is 149 Å². The minimum Gasteiger partial charge on any atom is -0.383 e. The molecule has 0 fully saturated rings. The van der Waals surface area contributed by atoms with Crippen LogP contribution in [0.25, 0.3) is 10.1 Å². The van der Waals surface area contributed by atoms with Crippen LogP contribution < -0.4 is 10.6 Å². The minimum atomic E-state index is -1.14. The molecule has 1 unspecified atom stereocenters. The van der Waals surface area contributed by atoms with E-state index in [0.29, 0.717) is 10.7 Å². The maximum atomic E-state index is 12.0. The number of aliphatic hydroxyl groups is 1. The summed E-state index contributed by atoms with van der Waals surface area (Å²) < 4.78 is 1.11. The number of rotatable bonds is 4. The van der Waals surface area contributed by atoms with Gasteiger partial charge in [0.15, 0.2) is 0 Å². The lowest BCUT2D eigenvalue weighted by atomic mass is 10.0. The Hall–Kier alpha value is -2.08. The van der Waals surface area contributed by atoms with Crippen LogP contribution in [0.15, 0.2) is 54.6 Å². The Morgan fingerprint density at radius 1 is 1.21 bits per heavy atom. The van der Waals surface area contributed by atoms with Gasteiger partial charge in [0.25, 0.3) is 0 Å². The zero-order valence-electron chi connectivity index (χ0n) is 13.0. The molecule has 0 aliphatic heterocycles. The molecule has 0 saturated carbocycles. The molecule has 1 atom stereocenters. The van der Waals surface area contributed by atoms with Gasteiger partial charge < -0.3 is 15.7 Å². The van der Waals surface area contributed by atoms with Crippen LogP contribution in [0, 0.1) is 0 Å². The highest BCUT2D eigenvalue weighted by atomic mass is 35.5. The van der Waals surface area contributed by atoms with E-state index in [0.717, 1.165) is 15.0 Å². The van der Waals surface area contributed by atoms with Crippen molar-refractivity contribution >= 4 is 44.7 Å². The second kappa shape index (κ2) is 6.81. The number of carbonyl (C=O) groups is 1. The van der Waals surface area contributed by atoms with E-state index in [-0.39, 0.29) is 12.6 Å². The first-order chi connectivity index (χ1) is 11.4. The maximum absolute atomic E-state index is 12.0. The van der Waals surface area contributed by atoms with Crippen molar-refractivity contribution in [3.8, 4) is 0 Å². The first-order valence-corrected chi connectivity index (χ1v) is 8.65. The van der Waals surface area contributed by atoms with Gasteiger partial charge in [0.05, 0.1) is 6.54 Å². The summed E-state index contributed by atoms with van der Waals surface area (Å²) in [6, 6.07) is 16.4. The van der Waals surface area contributed by atoms with Crippen molar-refractivity contribution in [2.75, 3.05) is 11.9 Å². The first-order valence-electron chi connectivity index (χ1n) is 7.46. The number of carbonyl (C=O) groups excluding carboxylic acids is 1. The number of amides is 2. The number of halogens is 1. The van der Waals surface area contributed by atoms with E-state index >= 15 is 0 Å². The molecule has 4 nitrogen and oxygen atoms in total. The van der Waals surface area contributed by atoms with Gasteiger partial charge in [-0.1, -0.05) is 29.8 Å². The van der Waals surface area contributed by atoms with Crippen molar-refractivity contribution in [3.05, 3.63) is 64.5 Å². The summed E-state index contributed by atoms with van der Waals surface area (Å²) in [6.07, 6.45) is 0. The van der Waals surface area contributed by atoms with Gasteiger partial charge in [-0.3, -0.25) is 0 Å². The third-order valence-electron chi connectivity index (χ3n) is 3.65. The second-order valence-electron chi connectivity index (χ2n) is 5.74. The van der Waals surface area contributed by atoms with Crippen molar-refractivity contribution < 1.29 is 9.90 Å². The third-order valence-corrected chi connectivity index (χ3v) is 5.27. The highest BCUT2D eigenvalue weighted by Crippen LogP contribution is 2.32. The molecule has 3 aromatic rings. The van der Waals surface area contributed by atoms with Crippen LogP contribution in [-0.2, 0) is 5.60 Å². The molecule has 0 bridgehead atoms. The van der Waals surface area contributed by atoms with Gasteiger partial charge in [0, 0.05) is 20.3 Å². The molecular formula is C18H17ClN2O2S. The quantitative estimate of drug-likeness (QED) is 0.637. The van der Waals surface area contributed by atoms with Crippen LogP contribution in [0.1, 0.15) is 11.8 Å². The van der Waals surface area contributed by atoms with E-state index in [4.69, 9.17) is 11.6 Å². The fourth-order valence-corrected chi connectivity index (χ4v) is 3.53. The normalized spacial score (nSPS) is 13.5. The molecule has 3 rings (SSSR count). The summed E-state index contributed by atoms with van der Waals surface area (Å²) in [7, 11) is 0. The van der Waals surface area contributed by atoms with E-state index < -0.39 is 5.60 Å². The van der Waals surface area contributed by atoms with Crippen LogP contribution >= 0.6 is 22.9 Å². The van der Waals surface area contributed by atoms with Gasteiger partial charge in [-0.05, 0) is 48.7 Å². The third kappa shape index (κ3) is 3.87. The van der Waals surface area contributed by atoms with Crippen molar-refractivity contribution in [1.29, 1.82) is 0 Å². The first kappa shape index (κ1) is 16.8. The minimum absolute atomic E-state index is 0.110. The second-order valence-corrected chi connectivity index (χ2v) is 7.26. The molecular weight excluding hydrogens is 344 g/mol. The largest absolute Gasteiger partial charge is 0.383 e. The highest BCUT2D eigenvalue weighted by Gasteiger charge is 2.26. The van der Waals surface area contributed by atoms with Gasteiger partial charge in [0.1, 0.15) is 5.60 Å². The predicted molar refractivity (Wildman–Crippen MR) is 99.9 cm³/mol. The fraction of sp³-hybridized carbons (Fsp3) is 0.167. The van der Waals surface area contributed by atoms with Crippen molar-refractivity contribution in [1.82, 2.24) is 5.32 Å². The van der Waals surface area contributed by atoms with E-state index in [1.807, 2.05) is 30.3 Å². The van der Waals surface area contributed by atoms with Gasteiger partial charge in [-0.15, -0.1) is 11.3 Å². The number of fused-ring (bicyclic) bond motifs is 1. The van der Waals surface area contributed by atoms with Gasteiger partial charge in [-0.2, -0.15) is 0 Å². The average molecular weight is 361 g/mol. The Bertz CT molecular complexity index is 826.